The van der Waals surface area contributed by atoms with E-state index in [2.05, 4.69) is 36.7 Å². The number of ether oxygens (including phenoxy) is 1. The summed E-state index contributed by atoms with van der Waals surface area (Å²) in [7, 11) is 3.24. The van der Waals surface area contributed by atoms with Gasteiger partial charge < -0.3 is 14.7 Å². The lowest BCUT2D eigenvalue weighted by atomic mass is 9.96. The molecule has 1 atom stereocenters. The van der Waals surface area contributed by atoms with E-state index in [9.17, 15) is 9.50 Å². The first-order valence-electron chi connectivity index (χ1n) is 11.5. The molecule has 10 heteroatoms. The second-order valence-electron chi connectivity index (χ2n) is 8.43. The highest BCUT2D eigenvalue weighted by atomic mass is 19.1. The molecule has 184 valence electrons. The van der Waals surface area contributed by atoms with Gasteiger partial charge in [0.1, 0.15) is 18.2 Å². The maximum atomic E-state index is 15.0. The number of fused-ring (bicyclic) bond motifs is 1. The number of anilines is 1. The normalized spacial score (nSPS) is 15.3. The molecule has 1 saturated heterocycles. The SMILES string of the molecule is C=Nc1c(C(=NC)C(O)c2cc(-c3ncnc4cc(N5CCOCC5)ccc34)ccc2F)cnn1C. The Balaban J connectivity index is 1.54. The van der Waals surface area contributed by atoms with Crippen molar-refractivity contribution in [2.24, 2.45) is 17.0 Å². The van der Waals surface area contributed by atoms with E-state index in [1.807, 2.05) is 18.2 Å². The number of aliphatic imine (C=N–C) groups is 2. The zero-order chi connectivity index (χ0) is 25.2. The van der Waals surface area contributed by atoms with Gasteiger partial charge in [-0.2, -0.15) is 5.10 Å². The molecule has 5 rings (SSSR count). The Hall–Kier alpha value is -4.02. The van der Waals surface area contributed by atoms with Gasteiger partial charge in [-0.15, -0.1) is 0 Å². The lowest BCUT2D eigenvalue weighted by Crippen LogP contribution is -2.36. The van der Waals surface area contributed by atoms with Crippen LogP contribution in [0.2, 0.25) is 0 Å². The van der Waals surface area contributed by atoms with Crippen molar-refractivity contribution >= 4 is 34.8 Å². The Labute approximate surface area is 207 Å². The Morgan fingerprint density at radius 2 is 1.97 bits per heavy atom. The predicted molar refractivity (Wildman–Crippen MR) is 138 cm³/mol. The largest absolute Gasteiger partial charge is 0.382 e. The van der Waals surface area contributed by atoms with Crippen LogP contribution in [0.5, 0.6) is 0 Å². The first-order chi connectivity index (χ1) is 17.5. The summed E-state index contributed by atoms with van der Waals surface area (Å²) >= 11 is 0. The number of aliphatic hydroxyl groups excluding tert-OH is 1. The summed E-state index contributed by atoms with van der Waals surface area (Å²) in [6.07, 6.45) is 1.68. The molecule has 1 aliphatic rings. The highest BCUT2D eigenvalue weighted by Crippen LogP contribution is 2.33. The first kappa shape index (κ1) is 23.7. The number of nitrogens with zero attached hydrogens (tertiary/aromatic N) is 7. The molecule has 9 nitrogen and oxygen atoms in total. The van der Waals surface area contributed by atoms with E-state index in [1.54, 1.807) is 19.2 Å². The summed E-state index contributed by atoms with van der Waals surface area (Å²) in [4.78, 5) is 19.4. The van der Waals surface area contributed by atoms with Crippen molar-refractivity contribution in [3.63, 3.8) is 0 Å². The number of aryl methyl sites for hydroxylation is 1. The van der Waals surface area contributed by atoms with E-state index in [0.29, 0.717) is 35.9 Å². The van der Waals surface area contributed by atoms with Crippen molar-refractivity contribution < 1.29 is 14.2 Å². The van der Waals surface area contributed by atoms with Crippen LogP contribution in [0.3, 0.4) is 0 Å². The van der Waals surface area contributed by atoms with Crippen molar-refractivity contribution in [3.05, 3.63) is 65.9 Å². The van der Waals surface area contributed by atoms with Crippen molar-refractivity contribution in [2.75, 3.05) is 38.3 Å². The van der Waals surface area contributed by atoms with Gasteiger partial charge in [-0.1, -0.05) is 0 Å². The Bertz CT molecular complexity index is 1460. The highest BCUT2D eigenvalue weighted by Gasteiger charge is 2.25. The van der Waals surface area contributed by atoms with Crippen molar-refractivity contribution in [3.8, 4) is 11.3 Å². The van der Waals surface area contributed by atoms with Crippen LogP contribution in [0.15, 0.2) is 58.9 Å². The molecule has 3 heterocycles. The summed E-state index contributed by atoms with van der Waals surface area (Å²) in [5, 5.41) is 16.2. The second-order valence-corrected chi connectivity index (χ2v) is 8.43. The Kier molecular flexibility index (Phi) is 6.53. The van der Waals surface area contributed by atoms with Gasteiger partial charge in [0.25, 0.3) is 0 Å². The minimum Gasteiger partial charge on any atom is -0.382 e. The van der Waals surface area contributed by atoms with E-state index in [-0.39, 0.29) is 11.3 Å². The predicted octanol–water partition coefficient (Wildman–Crippen LogP) is 3.49. The third kappa shape index (κ3) is 4.25. The fourth-order valence-corrected chi connectivity index (χ4v) is 4.53. The van der Waals surface area contributed by atoms with Crippen LogP contribution in [-0.2, 0) is 11.8 Å². The standard InChI is InChI=1S/C26H26FN7O2/c1-28-24(20-14-32-33(3)26(20)29-2)25(35)19-12-16(4-7-21(19)27)23-18-6-5-17(13-22(18)30-15-31-23)34-8-10-36-11-9-34/h4-7,12-15,25,35H,2,8-11H2,1,3H3. The fraction of sp³-hybridized carbons (Fsp3) is 0.269. The number of halogens is 1. The third-order valence-electron chi connectivity index (χ3n) is 6.39. The van der Waals surface area contributed by atoms with Gasteiger partial charge in [0.05, 0.1) is 41.9 Å². The van der Waals surface area contributed by atoms with E-state index >= 15 is 0 Å². The van der Waals surface area contributed by atoms with Gasteiger partial charge in [-0.3, -0.25) is 9.67 Å². The minimum absolute atomic E-state index is 0.0728. The molecule has 2 aromatic carbocycles. The molecule has 0 radical (unpaired) electrons. The zero-order valence-corrected chi connectivity index (χ0v) is 20.1. The van der Waals surface area contributed by atoms with Crippen LogP contribution in [0.1, 0.15) is 17.2 Å². The smallest absolute Gasteiger partial charge is 0.158 e. The summed E-state index contributed by atoms with van der Waals surface area (Å²) in [6.45, 7) is 6.60. The molecule has 1 fully saturated rings. The van der Waals surface area contributed by atoms with E-state index in [4.69, 9.17) is 4.74 Å². The van der Waals surface area contributed by atoms with Crippen LogP contribution < -0.4 is 4.90 Å². The molecule has 0 bridgehead atoms. The Morgan fingerprint density at radius 3 is 2.72 bits per heavy atom. The molecule has 0 amide bonds. The van der Waals surface area contributed by atoms with Gasteiger partial charge in [0.15, 0.2) is 5.82 Å². The van der Waals surface area contributed by atoms with Crippen LogP contribution in [0.25, 0.3) is 22.2 Å². The molecular weight excluding hydrogens is 461 g/mol. The average Bonchev–Trinajstić information content (AvgIpc) is 3.29. The highest BCUT2D eigenvalue weighted by molar-refractivity contribution is 6.07. The van der Waals surface area contributed by atoms with Gasteiger partial charge in [-0.25, -0.2) is 19.4 Å². The zero-order valence-electron chi connectivity index (χ0n) is 20.1. The number of hydrogen-bond donors (Lipinski definition) is 1. The third-order valence-corrected chi connectivity index (χ3v) is 6.39. The van der Waals surface area contributed by atoms with Crippen molar-refractivity contribution in [2.45, 2.75) is 6.10 Å². The molecule has 4 aromatic rings. The molecule has 1 aliphatic heterocycles. The Morgan fingerprint density at radius 1 is 1.17 bits per heavy atom. The number of rotatable bonds is 6. The van der Waals surface area contributed by atoms with Gasteiger partial charge >= 0.3 is 0 Å². The number of aliphatic hydroxyl groups is 1. The maximum absolute atomic E-state index is 15.0. The van der Waals surface area contributed by atoms with E-state index in [1.165, 1.54) is 30.3 Å². The summed E-state index contributed by atoms with van der Waals surface area (Å²) in [6, 6.07) is 10.6. The number of morpholine rings is 1. The lowest BCUT2D eigenvalue weighted by molar-refractivity contribution is 0.122. The summed E-state index contributed by atoms with van der Waals surface area (Å²) < 4.78 is 22.0. The second kappa shape index (κ2) is 9.92. The van der Waals surface area contributed by atoms with E-state index in [0.717, 1.165) is 29.7 Å². The van der Waals surface area contributed by atoms with Crippen LogP contribution in [-0.4, -0.2) is 70.6 Å². The monoisotopic (exact) mass is 487 g/mol. The van der Waals surface area contributed by atoms with Gasteiger partial charge in [-0.05, 0) is 43.1 Å². The van der Waals surface area contributed by atoms with Gasteiger partial charge in [0.2, 0.25) is 0 Å². The van der Waals surface area contributed by atoms with E-state index < -0.39 is 11.9 Å². The molecule has 1 unspecified atom stereocenters. The molecule has 0 spiro atoms. The first-order valence-corrected chi connectivity index (χ1v) is 11.5. The van der Waals surface area contributed by atoms with Crippen LogP contribution >= 0.6 is 0 Å². The molecular formula is C26H26FN7O2. The maximum Gasteiger partial charge on any atom is 0.158 e. The number of aromatic nitrogens is 4. The summed E-state index contributed by atoms with van der Waals surface area (Å²) in [5.74, 6) is -0.124. The molecule has 2 aromatic heterocycles. The summed E-state index contributed by atoms with van der Waals surface area (Å²) in [5.41, 5.74) is 3.94. The van der Waals surface area contributed by atoms with Gasteiger partial charge in [0, 0.05) is 49.4 Å². The topological polar surface area (TPSA) is 101 Å². The van der Waals surface area contributed by atoms with Crippen molar-refractivity contribution in [1.82, 2.24) is 19.7 Å². The van der Waals surface area contributed by atoms with Crippen molar-refractivity contribution in [1.29, 1.82) is 0 Å². The number of hydrogen-bond acceptors (Lipinski definition) is 8. The molecule has 36 heavy (non-hydrogen) atoms. The number of benzene rings is 2. The fourth-order valence-electron chi connectivity index (χ4n) is 4.53. The van der Waals surface area contributed by atoms with Crippen LogP contribution in [0, 0.1) is 5.82 Å². The molecule has 1 N–H and O–H groups in total. The lowest BCUT2D eigenvalue weighted by Gasteiger charge is -2.29. The quantitative estimate of drug-likeness (QED) is 0.418. The molecule has 0 saturated carbocycles. The molecule has 0 aliphatic carbocycles. The average molecular weight is 488 g/mol. The van der Waals surface area contributed by atoms with Crippen LogP contribution in [0.4, 0.5) is 15.9 Å². The minimum atomic E-state index is -1.35.